The molecule has 0 aliphatic heterocycles. The average Bonchev–Trinajstić information content (AvgIpc) is 3.69. The Labute approximate surface area is 182 Å². The van der Waals surface area contributed by atoms with Gasteiger partial charge in [0, 0.05) is 45.8 Å². The van der Waals surface area contributed by atoms with E-state index in [1.54, 1.807) is 6.26 Å². The molecule has 2 N–H and O–H groups in total. The van der Waals surface area contributed by atoms with Crippen molar-refractivity contribution in [3.63, 3.8) is 0 Å². The monoisotopic (exact) mass is 437 g/mol. The van der Waals surface area contributed by atoms with E-state index in [9.17, 15) is 13.8 Å². The van der Waals surface area contributed by atoms with Crippen LogP contribution < -0.4 is 5.32 Å². The van der Waals surface area contributed by atoms with Gasteiger partial charge in [-0.25, -0.2) is 9.78 Å². The minimum atomic E-state index is -0.999. The second kappa shape index (κ2) is 7.30. The van der Waals surface area contributed by atoms with Crippen molar-refractivity contribution in [1.29, 1.82) is 0 Å². The van der Waals surface area contributed by atoms with E-state index in [0.29, 0.717) is 22.3 Å². The van der Waals surface area contributed by atoms with Crippen LogP contribution in [0.2, 0.25) is 0 Å². The number of anilines is 1. The first-order valence-corrected chi connectivity index (χ1v) is 11.8. The van der Waals surface area contributed by atoms with Gasteiger partial charge in [0.2, 0.25) is 5.91 Å². The number of esters is 1. The number of rotatable bonds is 6. The summed E-state index contributed by atoms with van der Waals surface area (Å²) in [6, 6.07) is 9.78. The van der Waals surface area contributed by atoms with Gasteiger partial charge in [0.05, 0.1) is 22.9 Å². The van der Waals surface area contributed by atoms with Crippen LogP contribution in [0.1, 0.15) is 41.6 Å². The predicted octanol–water partition coefficient (Wildman–Crippen LogP) is 3.73. The minimum Gasteiger partial charge on any atom is -0.465 e. The Morgan fingerprint density at radius 1 is 1.26 bits per heavy atom. The normalized spacial score (nSPS) is 17.9. The zero-order chi connectivity index (χ0) is 21.8. The Morgan fingerprint density at radius 3 is 2.65 bits per heavy atom. The molecule has 0 radical (unpaired) electrons. The number of nitrogens with zero attached hydrogens (tertiary/aromatic N) is 1. The van der Waals surface area contributed by atoms with Crippen molar-refractivity contribution in [2.75, 3.05) is 18.7 Å². The van der Waals surface area contributed by atoms with Gasteiger partial charge in [-0.3, -0.25) is 9.00 Å². The van der Waals surface area contributed by atoms with Crippen LogP contribution >= 0.6 is 0 Å². The van der Waals surface area contributed by atoms with Gasteiger partial charge in [0.25, 0.3) is 0 Å². The maximum absolute atomic E-state index is 12.5. The Morgan fingerprint density at radius 2 is 2.00 bits per heavy atom. The molecular formula is C23H23N3O4S. The fourth-order valence-corrected chi connectivity index (χ4v) is 5.30. The SMILES string of the molecule is COC(=O)c1cnc(NC(=O)C2CC2)c2[nH]c(-c3ccccc3C3(S(C)=O)CC3)cc12. The summed E-state index contributed by atoms with van der Waals surface area (Å²) in [6.07, 6.45) is 6.71. The van der Waals surface area contributed by atoms with E-state index in [0.717, 1.165) is 42.5 Å². The van der Waals surface area contributed by atoms with Gasteiger partial charge in [0.15, 0.2) is 5.82 Å². The largest absolute Gasteiger partial charge is 0.465 e. The highest BCUT2D eigenvalue weighted by molar-refractivity contribution is 7.85. The molecule has 3 aromatic rings. The topological polar surface area (TPSA) is 101 Å². The second-order valence-electron chi connectivity index (χ2n) is 8.24. The third-order valence-corrected chi connectivity index (χ3v) is 7.95. The Kier molecular flexibility index (Phi) is 4.69. The third-order valence-electron chi connectivity index (χ3n) is 6.22. The first-order valence-electron chi connectivity index (χ1n) is 10.3. The molecule has 5 rings (SSSR count). The Balaban J connectivity index is 1.67. The van der Waals surface area contributed by atoms with Crippen molar-refractivity contribution in [2.45, 2.75) is 30.4 Å². The molecule has 1 aromatic carbocycles. The van der Waals surface area contributed by atoms with E-state index >= 15 is 0 Å². The smallest absolute Gasteiger partial charge is 0.340 e. The molecule has 2 aliphatic carbocycles. The molecular weight excluding hydrogens is 414 g/mol. The summed E-state index contributed by atoms with van der Waals surface area (Å²) in [5.74, 6) is -0.135. The Bertz CT molecular complexity index is 1240. The minimum absolute atomic E-state index is 0.0292. The Hall–Kier alpha value is -3.00. The van der Waals surface area contributed by atoms with Crippen molar-refractivity contribution < 1.29 is 18.5 Å². The summed E-state index contributed by atoms with van der Waals surface area (Å²) in [6.45, 7) is 0. The highest BCUT2D eigenvalue weighted by Gasteiger charge is 2.49. The van der Waals surface area contributed by atoms with E-state index in [2.05, 4.69) is 15.3 Å². The lowest BCUT2D eigenvalue weighted by Gasteiger charge is -2.16. The number of methoxy groups -OCH3 is 1. The number of amides is 1. The van der Waals surface area contributed by atoms with Crippen LogP contribution in [0.5, 0.6) is 0 Å². The molecule has 31 heavy (non-hydrogen) atoms. The number of aromatic amines is 1. The molecule has 0 saturated heterocycles. The average molecular weight is 438 g/mol. The number of nitrogens with one attached hydrogen (secondary N) is 2. The van der Waals surface area contributed by atoms with Gasteiger partial charge in [-0.05, 0) is 37.3 Å². The van der Waals surface area contributed by atoms with Crippen LogP contribution in [0.25, 0.3) is 22.2 Å². The molecule has 1 amide bonds. The van der Waals surface area contributed by atoms with E-state index in [1.807, 2.05) is 30.3 Å². The quantitative estimate of drug-likeness (QED) is 0.572. The molecule has 2 aliphatic rings. The third kappa shape index (κ3) is 3.35. The maximum atomic E-state index is 12.5. The zero-order valence-corrected chi connectivity index (χ0v) is 18.2. The summed E-state index contributed by atoms with van der Waals surface area (Å²) < 4.78 is 17.1. The summed E-state index contributed by atoms with van der Waals surface area (Å²) in [4.78, 5) is 32.4. The van der Waals surface area contributed by atoms with Gasteiger partial charge < -0.3 is 15.0 Å². The van der Waals surface area contributed by atoms with Crippen LogP contribution in [0.15, 0.2) is 36.5 Å². The highest BCUT2D eigenvalue weighted by atomic mass is 32.2. The van der Waals surface area contributed by atoms with Gasteiger partial charge in [-0.1, -0.05) is 24.3 Å². The number of carbonyl (C=O) groups is 2. The molecule has 2 fully saturated rings. The fourth-order valence-electron chi connectivity index (χ4n) is 4.13. The fraction of sp³-hybridized carbons (Fsp3) is 0.348. The number of pyridine rings is 1. The lowest BCUT2D eigenvalue weighted by Crippen LogP contribution is -2.15. The lowest BCUT2D eigenvalue weighted by molar-refractivity contribution is -0.117. The van der Waals surface area contributed by atoms with Gasteiger partial charge in [0.1, 0.15) is 0 Å². The summed E-state index contributed by atoms with van der Waals surface area (Å²) in [5, 5.41) is 3.51. The molecule has 1 unspecified atom stereocenters. The summed E-state index contributed by atoms with van der Waals surface area (Å²) in [7, 11) is 0.328. The number of hydrogen-bond donors (Lipinski definition) is 2. The van der Waals surface area contributed by atoms with Crippen LogP contribution in [0.3, 0.4) is 0 Å². The number of benzene rings is 1. The van der Waals surface area contributed by atoms with E-state index < -0.39 is 16.8 Å². The predicted molar refractivity (Wildman–Crippen MR) is 119 cm³/mol. The van der Waals surface area contributed by atoms with E-state index in [4.69, 9.17) is 4.74 Å². The maximum Gasteiger partial charge on any atom is 0.340 e. The number of hydrogen-bond acceptors (Lipinski definition) is 5. The molecule has 0 spiro atoms. The molecule has 0 bridgehead atoms. The summed E-state index contributed by atoms with van der Waals surface area (Å²) >= 11 is 0. The number of H-pyrrole nitrogens is 1. The van der Waals surface area contributed by atoms with E-state index in [1.165, 1.54) is 13.3 Å². The number of ether oxygens (including phenoxy) is 1. The van der Waals surface area contributed by atoms with Gasteiger partial charge in [-0.2, -0.15) is 0 Å². The van der Waals surface area contributed by atoms with Crippen LogP contribution in [-0.2, 0) is 25.1 Å². The molecule has 2 aromatic heterocycles. The molecule has 1 atom stereocenters. The van der Waals surface area contributed by atoms with Gasteiger partial charge in [-0.15, -0.1) is 0 Å². The number of carbonyl (C=O) groups excluding carboxylic acids is 2. The van der Waals surface area contributed by atoms with Gasteiger partial charge >= 0.3 is 5.97 Å². The first-order chi connectivity index (χ1) is 14.9. The second-order valence-corrected chi connectivity index (χ2v) is 9.93. The standard InChI is InChI=1S/C23H23N3O4S/c1-30-22(28)16-12-24-20(26-21(27)13-7-8-13)19-15(16)11-18(25-19)14-5-3-4-6-17(14)23(9-10-23)31(2)29/h3-6,11-13,25H,7-10H2,1-2H3,(H,24,26,27). The molecule has 160 valence electrons. The zero-order valence-electron chi connectivity index (χ0n) is 17.4. The molecule has 7 nitrogen and oxygen atoms in total. The van der Waals surface area contributed by atoms with Crippen molar-refractivity contribution in [1.82, 2.24) is 9.97 Å². The molecule has 2 heterocycles. The van der Waals surface area contributed by atoms with Crippen LogP contribution in [-0.4, -0.2) is 39.4 Å². The molecule has 2 saturated carbocycles. The first kappa shape index (κ1) is 19.9. The van der Waals surface area contributed by atoms with E-state index in [-0.39, 0.29) is 16.6 Å². The van der Waals surface area contributed by atoms with Crippen molar-refractivity contribution >= 4 is 39.4 Å². The van der Waals surface area contributed by atoms with Crippen molar-refractivity contribution in [2.24, 2.45) is 5.92 Å². The van der Waals surface area contributed by atoms with Crippen molar-refractivity contribution in [3.05, 3.63) is 47.7 Å². The lowest BCUT2D eigenvalue weighted by atomic mass is 10.00. The highest BCUT2D eigenvalue weighted by Crippen LogP contribution is 2.53. The van der Waals surface area contributed by atoms with Crippen LogP contribution in [0.4, 0.5) is 5.82 Å². The number of fused-ring (bicyclic) bond motifs is 1. The van der Waals surface area contributed by atoms with Crippen LogP contribution in [0, 0.1) is 5.92 Å². The number of aromatic nitrogens is 2. The molecule has 8 heteroatoms. The summed E-state index contributed by atoms with van der Waals surface area (Å²) in [5.41, 5.74) is 3.63. The van der Waals surface area contributed by atoms with Crippen molar-refractivity contribution in [3.8, 4) is 11.3 Å².